The number of benzene rings is 1. The molecule has 0 aliphatic rings. The minimum Gasteiger partial charge on any atom is -0.323 e. The molecule has 2 rings (SSSR count). The third kappa shape index (κ3) is 3.23. The van der Waals surface area contributed by atoms with Crippen LogP contribution >= 0.6 is 11.6 Å². The molecule has 4 nitrogen and oxygen atoms in total. The van der Waals surface area contributed by atoms with Crippen molar-refractivity contribution >= 4 is 23.2 Å². The zero-order valence-corrected chi connectivity index (χ0v) is 11.1. The van der Waals surface area contributed by atoms with Gasteiger partial charge in [-0.05, 0) is 25.1 Å². The predicted octanol–water partition coefficient (Wildman–Crippen LogP) is 2.45. The summed E-state index contributed by atoms with van der Waals surface area (Å²) in [7, 11) is 0. The number of pyridine rings is 1. The van der Waals surface area contributed by atoms with Crippen LogP contribution in [0.1, 0.15) is 5.69 Å². The Labute approximate surface area is 115 Å². The molecule has 0 atom stereocenters. The number of nitrogens with one attached hydrogen (secondary N) is 1. The van der Waals surface area contributed by atoms with Crippen LogP contribution in [0.5, 0.6) is 0 Å². The number of carbonyl (C=O) groups excluding carboxylic acids is 1. The van der Waals surface area contributed by atoms with Crippen LogP contribution in [-0.4, -0.2) is 10.5 Å². The van der Waals surface area contributed by atoms with E-state index in [1.54, 1.807) is 43.3 Å². The number of carbonyl (C=O) groups is 1. The Hall–Kier alpha value is -2.07. The Morgan fingerprint density at radius 3 is 2.63 bits per heavy atom. The Morgan fingerprint density at radius 1 is 1.21 bits per heavy atom. The standard InChI is InChI=1S/C14H13ClN2O2/c1-10-5-4-8-14(19)17(10)9-13(18)16-12-7-3-2-6-11(12)15/h2-8H,9H2,1H3,(H,16,18). The van der Waals surface area contributed by atoms with E-state index in [0.29, 0.717) is 10.7 Å². The van der Waals surface area contributed by atoms with Crippen molar-refractivity contribution in [3.05, 3.63) is 63.5 Å². The van der Waals surface area contributed by atoms with Crippen molar-refractivity contribution in [2.75, 3.05) is 5.32 Å². The molecule has 1 aromatic carbocycles. The van der Waals surface area contributed by atoms with Gasteiger partial charge in [0.15, 0.2) is 0 Å². The predicted molar refractivity (Wildman–Crippen MR) is 75.5 cm³/mol. The summed E-state index contributed by atoms with van der Waals surface area (Å²) < 4.78 is 1.41. The maximum atomic E-state index is 11.9. The van der Waals surface area contributed by atoms with Gasteiger partial charge < -0.3 is 9.88 Å². The normalized spacial score (nSPS) is 10.2. The van der Waals surface area contributed by atoms with Crippen molar-refractivity contribution in [1.29, 1.82) is 0 Å². The van der Waals surface area contributed by atoms with E-state index in [-0.39, 0.29) is 18.0 Å². The Bertz CT molecular complexity index is 664. The van der Waals surface area contributed by atoms with Crippen LogP contribution in [0.4, 0.5) is 5.69 Å². The van der Waals surface area contributed by atoms with Gasteiger partial charge in [0.25, 0.3) is 5.56 Å². The van der Waals surface area contributed by atoms with E-state index in [1.807, 2.05) is 0 Å². The smallest absolute Gasteiger partial charge is 0.251 e. The Balaban J connectivity index is 2.15. The van der Waals surface area contributed by atoms with Crippen LogP contribution in [-0.2, 0) is 11.3 Å². The molecule has 0 aliphatic heterocycles. The third-order valence-corrected chi connectivity index (χ3v) is 3.05. The Kier molecular flexibility index (Phi) is 4.02. The highest BCUT2D eigenvalue weighted by atomic mass is 35.5. The molecule has 1 aromatic heterocycles. The molecule has 0 spiro atoms. The van der Waals surface area contributed by atoms with Crippen molar-refractivity contribution in [1.82, 2.24) is 4.57 Å². The minimum absolute atomic E-state index is 0.0310. The lowest BCUT2D eigenvalue weighted by Crippen LogP contribution is -2.28. The van der Waals surface area contributed by atoms with Crippen molar-refractivity contribution in [3.8, 4) is 0 Å². The Morgan fingerprint density at radius 2 is 1.95 bits per heavy atom. The summed E-state index contributed by atoms with van der Waals surface area (Å²) in [5, 5.41) is 3.15. The van der Waals surface area contributed by atoms with E-state index >= 15 is 0 Å². The number of anilines is 1. The van der Waals surface area contributed by atoms with Gasteiger partial charge in [-0.3, -0.25) is 9.59 Å². The number of halogens is 1. The maximum Gasteiger partial charge on any atom is 0.251 e. The summed E-state index contributed by atoms with van der Waals surface area (Å²) in [5.74, 6) is -0.287. The summed E-state index contributed by atoms with van der Waals surface area (Å²) >= 11 is 5.95. The number of rotatable bonds is 3. The van der Waals surface area contributed by atoms with Gasteiger partial charge in [-0.15, -0.1) is 0 Å². The van der Waals surface area contributed by atoms with Crippen LogP contribution < -0.4 is 10.9 Å². The number of para-hydroxylation sites is 1. The van der Waals surface area contributed by atoms with Crippen LogP contribution in [0.25, 0.3) is 0 Å². The third-order valence-electron chi connectivity index (χ3n) is 2.72. The first-order valence-corrected chi connectivity index (χ1v) is 6.16. The fourth-order valence-corrected chi connectivity index (χ4v) is 1.90. The zero-order valence-electron chi connectivity index (χ0n) is 10.4. The quantitative estimate of drug-likeness (QED) is 0.936. The monoisotopic (exact) mass is 276 g/mol. The van der Waals surface area contributed by atoms with E-state index in [2.05, 4.69) is 5.32 Å². The topological polar surface area (TPSA) is 51.1 Å². The second-order valence-corrected chi connectivity index (χ2v) is 4.53. The van der Waals surface area contributed by atoms with E-state index in [4.69, 9.17) is 11.6 Å². The second kappa shape index (κ2) is 5.71. The van der Waals surface area contributed by atoms with Crippen LogP contribution in [0.15, 0.2) is 47.3 Å². The van der Waals surface area contributed by atoms with Gasteiger partial charge in [-0.2, -0.15) is 0 Å². The van der Waals surface area contributed by atoms with Crippen molar-refractivity contribution in [3.63, 3.8) is 0 Å². The number of aromatic nitrogens is 1. The summed E-state index contributed by atoms with van der Waals surface area (Å²) in [5.41, 5.74) is 1.08. The molecule has 0 radical (unpaired) electrons. The van der Waals surface area contributed by atoms with Crippen LogP contribution in [0.3, 0.4) is 0 Å². The summed E-state index contributed by atoms with van der Waals surface area (Å²) in [6.45, 7) is 1.75. The molecule has 0 unspecified atom stereocenters. The average molecular weight is 277 g/mol. The van der Waals surface area contributed by atoms with Gasteiger partial charge in [-0.25, -0.2) is 0 Å². The largest absolute Gasteiger partial charge is 0.323 e. The molecule has 98 valence electrons. The zero-order chi connectivity index (χ0) is 13.8. The van der Waals surface area contributed by atoms with E-state index in [1.165, 1.54) is 10.6 Å². The van der Waals surface area contributed by atoms with E-state index < -0.39 is 0 Å². The molecule has 1 N–H and O–H groups in total. The summed E-state index contributed by atoms with van der Waals surface area (Å²) in [6.07, 6.45) is 0. The first kappa shape index (κ1) is 13.4. The second-order valence-electron chi connectivity index (χ2n) is 4.12. The fraction of sp³-hybridized carbons (Fsp3) is 0.143. The molecular weight excluding hydrogens is 264 g/mol. The first-order chi connectivity index (χ1) is 9.08. The number of hydrogen-bond donors (Lipinski definition) is 1. The molecule has 0 fully saturated rings. The lowest BCUT2D eigenvalue weighted by Gasteiger charge is -2.10. The summed E-state index contributed by atoms with van der Waals surface area (Å²) in [6, 6.07) is 11.8. The molecule has 5 heteroatoms. The molecule has 19 heavy (non-hydrogen) atoms. The molecule has 0 aliphatic carbocycles. The fourth-order valence-electron chi connectivity index (χ4n) is 1.72. The lowest BCUT2D eigenvalue weighted by atomic mass is 10.3. The van der Waals surface area contributed by atoms with Gasteiger partial charge in [0.1, 0.15) is 6.54 Å². The van der Waals surface area contributed by atoms with Gasteiger partial charge in [0.2, 0.25) is 5.91 Å². The molecule has 0 bridgehead atoms. The lowest BCUT2D eigenvalue weighted by molar-refractivity contribution is -0.116. The molecule has 0 saturated heterocycles. The molecule has 1 amide bonds. The van der Waals surface area contributed by atoms with Gasteiger partial charge in [0.05, 0.1) is 10.7 Å². The highest BCUT2D eigenvalue weighted by Crippen LogP contribution is 2.20. The van der Waals surface area contributed by atoms with Crippen molar-refractivity contribution in [2.45, 2.75) is 13.5 Å². The van der Waals surface area contributed by atoms with Gasteiger partial charge >= 0.3 is 0 Å². The molecular formula is C14H13ClN2O2. The molecule has 0 saturated carbocycles. The number of aryl methyl sites for hydroxylation is 1. The van der Waals surface area contributed by atoms with Gasteiger partial charge in [0, 0.05) is 11.8 Å². The first-order valence-electron chi connectivity index (χ1n) is 5.79. The summed E-state index contributed by atoms with van der Waals surface area (Å²) in [4.78, 5) is 23.6. The molecule has 2 aromatic rings. The van der Waals surface area contributed by atoms with E-state index in [0.717, 1.165) is 5.69 Å². The highest BCUT2D eigenvalue weighted by molar-refractivity contribution is 6.33. The number of hydrogen-bond acceptors (Lipinski definition) is 2. The number of amides is 1. The SMILES string of the molecule is Cc1cccc(=O)n1CC(=O)Nc1ccccc1Cl. The van der Waals surface area contributed by atoms with Crippen LogP contribution in [0.2, 0.25) is 5.02 Å². The number of nitrogens with zero attached hydrogens (tertiary/aromatic N) is 1. The average Bonchev–Trinajstić information content (AvgIpc) is 2.37. The van der Waals surface area contributed by atoms with Crippen LogP contribution in [0, 0.1) is 6.92 Å². The van der Waals surface area contributed by atoms with E-state index in [9.17, 15) is 9.59 Å². The maximum absolute atomic E-state index is 11.9. The van der Waals surface area contributed by atoms with Gasteiger partial charge in [-0.1, -0.05) is 29.8 Å². The van der Waals surface area contributed by atoms with Crippen molar-refractivity contribution < 1.29 is 4.79 Å². The van der Waals surface area contributed by atoms with Crippen molar-refractivity contribution in [2.24, 2.45) is 0 Å². The highest BCUT2D eigenvalue weighted by Gasteiger charge is 2.08. The molecule has 1 heterocycles. The minimum atomic E-state index is -0.287.